The van der Waals surface area contributed by atoms with E-state index in [2.05, 4.69) is 38.2 Å². The highest BCUT2D eigenvalue weighted by Crippen LogP contribution is 2.25. The van der Waals surface area contributed by atoms with Gasteiger partial charge in [0.2, 0.25) is 0 Å². The molecule has 0 amide bonds. The minimum absolute atomic E-state index is 0.586. The SMILES string of the molecule is CNC(C)CC1=C(C)CC(C)C=C1. The lowest BCUT2D eigenvalue weighted by Crippen LogP contribution is -2.22. The molecule has 0 saturated carbocycles. The van der Waals surface area contributed by atoms with Gasteiger partial charge in [-0.25, -0.2) is 0 Å². The van der Waals surface area contributed by atoms with E-state index < -0.39 is 0 Å². The van der Waals surface area contributed by atoms with Crippen LogP contribution >= 0.6 is 0 Å². The van der Waals surface area contributed by atoms with Gasteiger partial charge in [-0.3, -0.25) is 0 Å². The first-order valence-corrected chi connectivity index (χ1v) is 5.17. The Morgan fingerprint density at radius 1 is 1.62 bits per heavy atom. The molecule has 1 N–H and O–H groups in total. The summed E-state index contributed by atoms with van der Waals surface area (Å²) in [4.78, 5) is 0. The molecule has 1 heteroatoms. The molecule has 13 heavy (non-hydrogen) atoms. The van der Waals surface area contributed by atoms with Crippen LogP contribution in [0.25, 0.3) is 0 Å². The smallest absolute Gasteiger partial charge is 0.00761 e. The minimum atomic E-state index is 0.586. The van der Waals surface area contributed by atoms with Crippen LogP contribution in [-0.2, 0) is 0 Å². The number of hydrogen-bond donors (Lipinski definition) is 1. The van der Waals surface area contributed by atoms with Crippen LogP contribution in [0.2, 0.25) is 0 Å². The van der Waals surface area contributed by atoms with Crippen molar-refractivity contribution >= 4 is 0 Å². The van der Waals surface area contributed by atoms with Crippen LogP contribution in [0.4, 0.5) is 0 Å². The lowest BCUT2D eigenvalue weighted by Gasteiger charge is -2.19. The van der Waals surface area contributed by atoms with Gasteiger partial charge in [-0.05, 0) is 45.2 Å². The third kappa shape index (κ3) is 3.00. The van der Waals surface area contributed by atoms with Crippen LogP contribution in [0, 0.1) is 5.92 Å². The van der Waals surface area contributed by atoms with Crippen molar-refractivity contribution < 1.29 is 0 Å². The largest absolute Gasteiger partial charge is 0.317 e. The summed E-state index contributed by atoms with van der Waals surface area (Å²) in [6, 6.07) is 0.586. The monoisotopic (exact) mass is 179 g/mol. The van der Waals surface area contributed by atoms with Crippen molar-refractivity contribution in [1.29, 1.82) is 0 Å². The summed E-state index contributed by atoms with van der Waals surface area (Å²) in [5.74, 6) is 0.730. The predicted octanol–water partition coefficient (Wildman–Crippen LogP) is 2.90. The average Bonchev–Trinajstić information content (AvgIpc) is 2.09. The van der Waals surface area contributed by atoms with Crippen LogP contribution in [0.15, 0.2) is 23.3 Å². The molecule has 1 aliphatic carbocycles. The van der Waals surface area contributed by atoms with Crippen molar-refractivity contribution in [2.24, 2.45) is 5.92 Å². The summed E-state index contributed by atoms with van der Waals surface area (Å²) in [6.07, 6.45) is 7.02. The lowest BCUT2D eigenvalue weighted by molar-refractivity contribution is 0.597. The minimum Gasteiger partial charge on any atom is -0.317 e. The summed E-state index contributed by atoms with van der Waals surface area (Å²) in [5.41, 5.74) is 3.09. The van der Waals surface area contributed by atoms with Crippen molar-refractivity contribution in [1.82, 2.24) is 5.32 Å². The van der Waals surface area contributed by atoms with Crippen LogP contribution in [0.3, 0.4) is 0 Å². The molecule has 2 atom stereocenters. The quantitative estimate of drug-likeness (QED) is 0.702. The maximum absolute atomic E-state index is 3.28. The van der Waals surface area contributed by atoms with Gasteiger partial charge < -0.3 is 5.32 Å². The highest BCUT2D eigenvalue weighted by Gasteiger charge is 2.11. The molecular weight excluding hydrogens is 158 g/mol. The predicted molar refractivity (Wildman–Crippen MR) is 58.8 cm³/mol. The van der Waals surface area contributed by atoms with Crippen LogP contribution in [0.1, 0.15) is 33.6 Å². The fourth-order valence-electron chi connectivity index (χ4n) is 1.78. The molecule has 0 saturated heterocycles. The zero-order valence-electron chi connectivity index (χ0n) is 9.22. The van der Waals surface area contributed by atoms with Gasteiger partial charge in [0.05, 0.1) is 0 Å². The second-order valence-electron chi connectivity index (χ2n) is 4.24. The van der Waals surface area contributed by atoms with E-state index in [0.29, 0.717) is 6.04 Å². The van der Waals surface area contributed by atoms with Gasteiger partial charge in [0.1, 0.15) is 0 Å². The van der Waals surface area contributed by atoms with E-state index in [4.69, 9.17) is 0 Å². The van der Waals surface area contributed by atoms with Crippen molar-refractivity contribution in [2.75, 3.05) is 7.05 Å². The number of nitrogens with one attached hydrogen (secondary N) is 1. The van der Waals surface area contributed by atoms with Gasteiger partial charge in [0.25, 0.3) is 0 Å². The standard InChI is InChI=1S/C12H21N/c1-9-5-6-12(10(2)7-9)8-11(3)13-4/h5-6,9,11,13H,7-8H2,1-4H3. The third-order valence-electron chi connectivity index (χ3n) is 2.82. The van der Waals surface area contributed by atoms with Gasteiger partial charge in [-0.1, -0.05) is 24.6 Å². The van der Waals surface area contributed by atoms with Crippen molar-refractivity contribution in [2.45, 2.75) is 39.7 Å². The fraction of sp³-hybridized carbons (Fsp3) is 0.667. The highest BCUT2D eigenvalue weighted by molar-refractivity contribution is 5.30. The molecule has 0 heterocycles. The molecule has 0 spiro atoms. The number of allylic oxidation sites excluding steroid dienone is 3. The van der Waals surface area contributed by atoms with Gasteiger partial charge in [-0.2, -0.15) is 0 Å². The molecule has 0 aliphatic heterocycles. The Morgan fingerprint density at radius 2 is 2.31 bits per heavy atom. The van der Waals surface area contributed by atoms with E-state index in [9.17, 15) is 0 Å². The van der Waals surface area contributed by atoms with Crippen molar-refractivity contribution in [3.63, 3.8) is 0 Å². The maximum atomic E-state index is 3.28. The van der Waals surface area contributed by atoms with Crippen LogP contribution < -0.4 is 5.32 Å². The first-order chi connectivity index (χ1) is 6.13. The molecule has 0 aromatic rings. The molecule has 0 aromatic heterocycles. The molecule has 0 aromatic carbocycles. The first-order valence-electron chi connectivity index (χ1n) is 5.17. The molecule has 2 unspecified atom stereocenters. The second kappa shape index (κ2) is 4.61. The summed E-state index contributed by atoms with van der Waals surface area (Å²) in [7, 11) is 2.02. The summed E-state index contributed by atoms with van der Waals surface area (Å²) in [5, 5.41) is 3.28. The van der Waals surface area contributed by atoms with Crippen molar-refractivity contribution in [3.05, 3.63) is 23.3 Å². The van der Waals surface area contributed by atoms with Crippen LogP contribution in [-0.4, -0.2) is 13.1 Å². The van der Waals surface area contributed by atoms with Gasteiger partial charge >= 0.3 is 0 Å². The molecule has 1 nitrogen and oxygen atoms in total. The molecule has 0 radical (unpaired) electrons. The van der Waals surface area contributed by atoms with E-state index in [1.807, 2.05) is 7.05 Å². The van der Waals surface area contributed by atoms with Gasteiger partial charge in [-0.15, -0.1) is 0 Å². The van der Waals surface area contributed by atoms with Crippen molar-refractivity contribution in [3.8, 4) is 0 Å². The molecule has 0 fully saturated rings. The third-order valence-corrected chi connectivity index (χ3v) is 2.82. The fourth-order valence-corrected chi connectivity index (χ4v) is 1.78. The van der Waals surface area contributed by atoms with E-state index in [0.717, 1.165) is 12.3 Å². The Hall–Kier alpha value is -0.560. The van der Waals surface area contributed by atoms with E-state index >= 15 is 0 Å². The maximum Gasteiger partial charge on any atom is 0.00761 e. The summed E-state index contributed by atoms with van der Waals surface area (Å²) >= 11 is 0. The molecular formula is C12H21N. The molecule has 1 rings (SSSR count). The average molecular weight is 179 g/mol. The molecule has 74 valence electrons. The Bertz CT molecular complexity index is 225. The van der Waals surface area contributed by atoms with Crippen LogP contribution in [0.5, 0.6) is 0 Å². The molecule has 1 aliphatic rings. The lowest BCUT2D eigenvalue weighted by atomic mass is 9.89. The van der Waals surface area contributed by atoms with E-state index in [1.54, 1.807) is 5.57 Å². The second-order valence-corrected chi connectivity index (χ2v) is 4.24. The Kier molecular flexibility index (Phi) is 3.73. The Labute approximate surface area is 81.9 Å². The Balaban J connectivity index is 2.59. The van der Waals surface area contributed by atoms with Gasteiger partial charge in [0.15, 0.2) is 0 Å². The zero-order chi connectivity index (χ0) is 9.84. The zero-order valence-corrected chi connectivity index (χ0v) is 9.22. The molecule has 0 bridgehead atoms. The summed E-state index contributed by atoms with van der Waals surface area (Å²) in [6.45, 7) is 6.77. The van der Waals surface area contributed by atoms with E-state index in [1.165, 1.54) is 12.0 Å². The number of rotatable bonds is 3. The number of hydrogen-bond acceptors (Lipinski definition) is 1. The first kappa shape index (κ1) is 10.5. The van der Waals surface area contributed by atoms with Gasteiger partial charge in [0, 0.05) is 6.04 Å². The summed E-state index contributed by atoms with van der Waals surface area (Å²) < 4.78 is 0. The van der Waals surface area contributed by atoms with E-state index in [-0.39, 0.29) is 0 Å². The topological polar surface area (TPSA) is 12.0 Å². The Morgan fingerprint density at radius 3 is 2.85 bits per heavy atom. The highest BCUT2D eigenvalue weighted by atomic mass is 14.8. The normalized spacial score (nSPS) is 25.1.